The standard InChI is InChI=1S/C17H21N3O/c1-18-12-7-9-13(10-8-12)20-17(21)15-4-2-6-16-14(15)5-3-11-19-16/h2-6,11-13,18H,7-10H2,1H3,(H,20,21). The number of carbonyl (C=O) groups is 1. The summed E-state index contributed by atoms with van der Waals surface area (Å²) >= 11 is 0. The molecule has 1 aliphatic rings. The highest BCUT2D eigenvalue weighted by molar-refractivity contribution is 6.06. The number of carbonyl (C=O) groups excluding carboxylic acids is 1. The number of nitrogens with zero attached hydrogens (tertiary/aromatic N) is 1. The van der Waals surface area contributed by atoms with Gasteiger partial charge in [0.1, 0.15) is 0 Å². The van der Waals surface area contributed by atoms with Gasteiger partial charge in [-0.3, -0.25) is 9.78 Å². The van der Waals surface area contributed by atoms with Gasteiger partial charge in [0.2, 0.25) is 0 Å². The van der Waals surface area contributed by atoms with E-state index in [1.807, 2.05) is 37.4 Å². The summed E-state index contributed by atoms with van der Waals surface area (Å²) in [6.45, 7) is 0. The van der Waals surface area contributed by atoms with Crippen LogP contribution < -0.4 is 10.6 Å². The second-order valence-corrected chi connectivity index (χ2v) is 5.69. The Bertz CT molecular complexity index is 627. The van der Waals surface area contributed by atoms with Crippen molar-refractivity contribution < 1.29 is 4.79 Å². The average Bonchev–Trinajstić information content (AvgIpc) is 2.55. The molecule has 110 valence electrons. The summed E-state index contributed by atoms with van der Waals surface area (Å²) in [5, 5.41) is 7.41. The molecule has 0 bridgehead atoms. The van der Waals surface area contributed by atoms with Crippen molar-refractivity contribution in [3.8, 4) is 0 Å². The second-order valence-electron chi connectivity index (χ2n) is 5.69. The van der Waals surface area contributed by atoms with E-state index in [9.17, 15) is 4.79 Å². The van der Waals surface area contributed by atoms with Crippen molar-refractivity contribution in [3.05, 3.63) is 42.1 Å². The number of pyridine rings is 1. The van der Waals surface area contributed by atoms with Crippen LogP contribution in [0.4, 0.5) is 0 Å². The van der Waals surface area contributed by atoms with Crippen LogP contribution in [0.2, 0.25) is 0 Å². The lowest BCUT2D eigenvalue weighted by Crippen LogP contribution is -2.41. The molecule has 4 heteroatoms. The van der Waals surface area contributed by atoms with Gasteiger partial charge in [-0.1, -0.05) is 12.1 Å². The number of hydrogen-bond donors (Lipinski definition) is 2. The van der Waals surface area contributed by atoms with Crippen molar-refractivity contribution in [3.63, 3.8) is 0 Å². The van der Waals surface area contributed by atoms with E-state index in [0.29, 0.717) is 6.04 Å². The first-order valence-electron chi connectivity index (χ1n) is 7.60. The van der Waals surface area contributed by atoms with Gasteiger partial charge in [0, 0.05) is 29.2 Å². The smallest absolute Gasteiger partial charge is 0.252 e. The Kier molecular flexibility index (Phi) is 4.15. The molecule has 0 unspecified atom stereocenters. The SMILES string of the molecule is CNC1CCC(NC(=O)c2cccc3ncccc23)CC1. The van der Waals surface area contributed by atoms with Gasteiger partial charge in [-0.15, -0.1) is 0 Å². The molecule has 2 aromatic rings. The molecule has 1 fully saturated rings. The normalized spacial score (nSPS) is 22.1. The van der Waals surface area contributed by atoms with Gasteiger partial charge in [-0.25, -0.2) is 0 Å². The summed E-state index contributed by atoms with van der Waals surface area (Å²) in [5.74, 6) is 0.0153. The van der Waals surface area contributed by atoms with Crippen LogP contribution in [0.5, 0.6) is 0 Å². The summed E-state index contributed by atoms with van der Waals surface area (Å²) in [7, 11) is 2.01. The van der Waals surface area contributed by atoms with Crippen molar-refractivity contribution in [2.45, 2.75) is 37.8 Å². The monoisotopic (exact) mass is 283 g/mol. The van der Waals surface area contributed by atoms with E-state index in [2.05, 4.69) is 15.6 Å². The van der Waals surface area contributed by atoms with Crippen molar-refractivity contribution in [2.75, 3.05) is 7.05 Å². The molecule has 1 aromatic carbocycles. The Balaban J connectivity index is 1.73. The van der Waals surface area contributed by atoms with Crippen molar-refractivity contribution in [1.29, 1.82) is 0 Å². The zero-order chi connectivity index (χ0) is 14.7. The summed E-state index contributed by atoms with van der Waals surface area (Å²) in [5.41, 5.74) is 1.58. The topological polar surface area (TPSA) is 54.0 Å². The molecule has 4 nitrogen and oxygen atoms in total. The van der Waals surface area contributed by atoms with Crippen LogP contribution in [-0.2, 0) is 0 Å². The predicted octanol–water partition coefficient (Wildman–Crippen LogP) is 2.50. The van der Waals surface area contributed by atoms with E-state index in [0.717, 1.165) is 42.1 Å². The highest BCUT2D eigenvalue weighted by atomic mass is 16.1. The lowest BCUT2D eigenvalue weighted by atomic mass is 9.91. The molecular weight excluding hydrogens is 262 g/mol. The molecule has 0 aliphatic heterocycles. The molecule has 0 atom stereocenters. The number of nitrogens with one attached hydrogen (secondary N) is 2. The number of benzene rings is 1. The van der Waals surface area contributed by atoms with Crippen molar-refractivity contribution in [2.24, 2.45) is 0 Å². The first-order valence-corrected chi connectivity index (χ1v) is 7.60. The summed E-state index contributed by atoms with van der Waals surface area (Å²) < 4.78 is 0. The molecule has 0 spiro atoms. The van der Waals surface area contributed by atoms with Crippen LogP contribution in [0.25, 0.3) is 10.9 Å². The molecule has 1 saturated carbocycles. The van der Waals surface area contributed by atoms with Crippen LogP contribution in [0.3, 0.4) is 0 Å². The third-order valence-electron chi connectivity index (χ3n) is 4.36. The molecular formula is C17H21N3O. The molecule has 1 aromatic heterocycles. The van der Waals surface area contributed by atoms with E-state index in [1.54, 1.807) is 6.20 Å². The van der Waals surface area contributed by atoms with Crippen molar-refractivity contribution in [1.82, 2.24) is 15.6 Å². The van der Waals surface area contributed by atoms with Crippen LogP contribution in [0, 0.1) is 0 Å². The number of hydrogen-bond acceptors (Lipinski definition) is 3. The maximum Gasteiger partial charge on any atom is 0.252 e. The van der Waals surface area contributed by atoms with Crippen LogP contribution in [-0.4, -0.2) is 30.0 Å². The highest BCUT2D eigenvalue weighted by Gasteiger charge is 2.22. The minimum Gasteiger partial charge on any atom is -0.349 e. The van der Waals surface area contributed by atoms with Gasteiger partial charge in [0.15, 0.2) is 0 Å². The predicted molar refractivity (Wildman–Crippen MR) is 84.3 cm³/mol. The lowest BCUT2D eigenvalue weighted by Gasteiger charge is -2.28. The Morgan fingerprint density at radius 3 is 2.62 bits per heavy atom. The van der Waals surface area contributed by atoms with E-state index in [-0.39, 0.29) is 11.9 Å². The number of aromatic nitrogens is 1. The zero-order valence-corrected chi connectivity index (χ0v) is 12.3. The molecule has 0 saturated heterocycles. The summed E-state index contributed by atoms with van der Waals surface area (Å²) in [4.78, 5) is 16.8. The number of rotatable bonds is 3. The van der Waals surface area contributed by atoms with Crippen LogP contribution in [0.1, 0.15) is 36.0 Å². The first-order chi connectivity index (χ1) is 10.3. The quantitative estimate of drug-likeness (QED) is 0.910. The van der Waals surface area contributed by atoms with E-state index in [4.69, 9.17) is 0 Å². The third-order valence-corrected chi connectivity index (χ3v) is 4.36. The molecule has 1 aliphatic carbocycles. The van der Waals surface area contributed by atoms with Crippen molar-refractivity contribution >= 4 is 16.8 Å². The van der Waals surface area contributed by atoms with Gasteiger partial charge in [0.05, 0.1) is 5.52 Å². The maximum absolute atomic E-state index is 12.5. The van der Waals surface area contributed by atoms with E-state index < -0.39 is 0 Å². The Morgan fingerprint density at radius 2 is 1.86 bits per heavy atom. The van der Waals surface area contributed by atoms with Crippen LogP contribution in [0.15, 0.2) is 36.5 Å². The molecule has 3 rings (SSSR count). The summed E-state index contributed by atoms with van der Waals surface area (Å²) in [6.07, 6.45) is 6.08. The number of amides is 1. The number of fused-ring (bicyclic) bond motifs is 1. The van der Waals surface area contributed by atoms with E-state index >= 15 is 0 Å². The molecule has 0 radical (unpaired) electrons. The molecule has 21 heavy (non-hydrogen) atoms. The van der Waals surface area contributed by atoms with Gasteiger partial charge >= 0.3 is 0 Å². The summed E-state index contributed by atoms with van der Waals surface area (Å²) in [6, 6.07) is 10.4. The largest absolute Gasteiger partial charge is 0.349 e. The van der Waals surface area contributed by atoms with Crippen LogP contribution >= 0.6 is 0 Å². The van der Waals surface area contributed by atoms with Gasteiger partial charge in [0.25, 0.3) is 5.91 Å². The Hall–Kier alpha value is -1.94. The minimum absolute atomic E-state index is 0.0153. The Morgan fingerprint density at radius 1 is 1.10 bits per heavy atom. The fraction of sp³-hybridized carbons (Fsp3) is 0.412. The second kappa shape index (κ2) is 6.22. The average molecular weight is 283 g/mol. The maximum atomic E-state index is 12.5. The van der Waals surface area contributed by atoms with Gasteiger partial charge in [-0.05, 0) is 50.9 Å². The first kappa shape index (κ1) is 14.0. The van der Waals surface area contributed by atoms with Gasteiger partial charge in [-0.2, -0.15) is 0 Å². The van der Waals surface area contributed by atoms with Gasteiger partial charge < -0.3 is 10.6 Å². The van der Waals surface area contributed by atoms with E-state index in [1.165, 1.54) is 0 Å². The highest BCUT2D eigenvalue weighted by Crippen LogP contribution is 2.20. The molecule has 2 N–H and O–H groups in total. The molecule has 1 amide bonds. The zero-order valence-electron chi connectivity index (χ0n) is 12.3. The Labute approximate surface area is 125 Å². The fourth-order valence-electron chi connectivity index (χ4n) is 3.09. The third kappa shape index (κ3) is 3.05. The lowest BCUT2D eigenvalue weighted by molar-refractivity contribution is 0.0926. The minimum atomic E-state index is 0.0153. The fourth-order valence-corrected chi connectivity index (χ4v) is 3.09. The molecule has 1 heterocycles.